The zero-order valence-corrected chi connectivity index (χ0v) is 23.0. The maximum Gasteiger partial charge on any atom is 0.271 e. The summed E-state index contributed by atoms with van der Waals surface area (Å²) in [6, 6.07) is 9.50. The minimum Gasteiger partial charge on any atom is -0.497 e. The number of ether oxygens (including phenoxy) is 2. The van der Waals surface area contributed by atoms with Crippen LogP contribution in [0.15, 0.2) is 42.5 Å². The molecule has 0 aliphatic rings. The predicted molar refractivity (Wildman–Crippen MR) is 143 cm³/mol. The first kappa shape index (κ1) is 30.4. The number of sulfonamides is 1. The van der Waals surface area contributed by atoms with Crippen LogP contribution >= 0.6 is 0 Å². The first-order valence-electron chi connectivity index (χ1n) is 12.0. The van der Waals surface area contributed by atoms with Crippen molar-refractivity contribution in [2.45, 2.75) is 39.3 Å². The van der Waals surface area contributed by atoms with Gasteiger partial charge in [0.2, 0.25) is 21.8 Å². The number of hydrogen-bond acceptors (Lipinski definition) is 8. The second-order valence-electron chi connectivity index (χ2n) is 8.47. The zero-order valence-electron chi connectivity index (χ0n) is 22.2. The largest absolute Gasteiger partial charge is 0.497 e. The average molecular weight is 551 g/mol. The third-order valence-corrected chi connectivity index (χ3v) is 6.89. The molecule has 0 saturated heterocycles. The SMILES string of the molecule is CCCNC(=O)[C@H](CC)N(Cc1ccc(OC)cc1)C(=O)CN(c1cc([N+](=O)[O-])ccc1OC)S(C)(=O)=O. The smallest absolute Gasteiger partial charge is 0.271 e. The molecule has 12 nitrogen and oxygen atoms in total. The Bertz CT molecular complexity index is 1230. The maximum atomic E-state index is 13.7. The van der Waals surface area contributed by atoms with Gasteiger partial charge in [0.1, 0.15) is 29.8 Å². The van der Waals surface area contributed by atoms with Gasteiger partial charge in [-0.15, -0.1) is 0 Å². The van der Waals surface area contributed by atoms with Gasteiger partial charge in [0.15, 0.2) is 0 Å². The van der Waals surface area contributed by atoms with Gasteiger partial charge in [-0.3, -0.25) is 24.0 Å². The Morgan fingerprint density at radius 1 is 1.08 bits per heavy atom. The highest BCUT2D eigenvalue weighted by atomic mass is 32.2. The summed E-state index contributed by atoms with van der Waals surface area (Å²) in [6.45, 7) is 3.38. The normalized spacial score (nSPS) is 11.8. The van der Waals surface area contributed by atoms with Gasteiger partial charge < -0.3 is 19.7 Å². The molecule has 0 bridgehead atoms. The highest BCUT2D eigenvalue weighted by molar-refractivity contribution is 7.92. The van der Waals surface area contributed by atoms with Crippen LogP contribution in [0.2, 0.25) is 0 Å². The van der Waals surface area contributed by atoms with Crippen molar-refractivity contribution in [1.82, 2.24) is 10.2 Å². The van der Waals surface area contributed by atoms with Crippen LogP contribution in [0.3, 0.4) is 0 Å². The molecule has 0 aliphatic carbocycles. The summed E-state index contributed by atoms with van der Waals surface area (Å²) in [6.07, 6.45) is 1.86. The van der Waals surface area contributed by atoms with Crippen molar-refractivity contribution >= 4 is 33.2 Å². The number of benzene rings is 2. The second kappa shape index (κ2) is 13.6. The number of nitrogens with one attached hydrogen (secondary N) is 1. The van der Waals surface area contributed by atoms with Crippen LogP contribution in [0.4, 0.5) is 11.4 Å². The van der Waals surface area contributed by atoms with Gasteiger partial charge in [-0.05, 0) is 36.6 Å². The molecule has 0 radical (unpaired) electrons. The van der Waals surface area contributed by atoms with Gasteiger partial charge in [0.25, 0.3) is 5.69 Å². The Morgan fingerprint density at radius 2 is 1.74 bits per heavy atom. The monoisotopic (exact) mass is 550 g/mol. The highest BCUT2D eigenvalue weighted by Crippen LogP contribution is 2.34. The van der Waals surface area contributed by atoms with Crippen molar-refractivity contribution in [2.75, 3.05) is 37.9 Å². The van der Waals surface area contributed by atoms with Crippen LogP contribution in [-0.2, 0) is 26.2 Å². The minimum absolute atomic E-state index is 0.0184. The van der Waals surface area contributed by atoms with E-state index in [0.29, 0.717) is 24.3 Å². The summed E-state index contributed by atoms with van der Waals surface area (Å²) >= 11 is 0. The van der Waals surface area contributed by atoms with Gasteiger partial charge in [0.05, 0.1) is 25.4 Å². The van der Waals surface area contributed by atoms with E-state index in [4.69, 9.17) is 9.47 Å². The van der Waals surface area contributed by atoms with Crippen molar-refractivity contribution < 1.29 is 32.4 Å². The molecule has 1 N–H and O–H groups in total. The molecule has 1 atom stereocenters. The molecular formula is C25H34N4O8S. The van der Waals surface area contributed by atoms with Crippen molar-refractivity contribution in [1.29, 1.82) is 0 Å². The third-order valence-electron chi connectivity index (χ3n) is 5.77. The number of nitro benzene ring substituents is 1. The summed E-state index contributed by atoms with van der Waals surface area (Å²) in [5.41, 5.74) is 0.160. The molecule has 2 rings (SSSR count). The third kappa shape index (κ3) is 7.81. The molecule has 0 saturated carbocycles. The van der Waals surface area contributed by atoms with Crippen LogP contribution in [0.1, 0.15) is 32.3 Å². The molecule has 0 spiro atoms. The fraction of sp³-hybridized carbons (Fsp3) is 0.440. The van der Waals surface area contributed by atoms with Gasteiger partial charge in [-0.1, -0.05) is 26.0 Å². The topological polar surface area (TPSA) is 148 Å². The lowest BCUT2D eigenvalue weighted by molar-refractivity contribution is -0.384. The number of methoxy groups -OCH3 is 2. The molecule has 13 heteroatoms. The van der Waals surface area contributed by atoms with Crippen molar-refractivity contribution in [3.63, 3.8) is 0 Å². The molecule has 2 amide bonds. The van der Waals surface area contributed by atoms with Crippen LogP contribution in [0, 0.1) is 10.1 Å². The van der Waals surface area contributed by atoms with Gasteiger partial charge in [0, 0.05) is 25.2 Å². The average Bonchev–Trinajstić information content (AvgIpc) is 2.89. The van der Waals surface area contributed by atoms with E-state index in [1.54, 1.807) is 31.2 Å². The first-order chi connectivity index (χ1) is 18.0. The number of nitro groups is 1. The number of nitrogens with zero attached hydrogens (tertiary/aromatic N) is 3. The molecule has 2 aromatic carbocycles. The van der Waals surface area contributed by atoms with Gasteiger partial charge in [-0.25, -0.2) is 8.42 Å². The van der Waals surface area contributed by atoms with Crippen molar-refractivity contribution in [3.05, 3.63) is 58.1 Å². The van der Waals surface area contributed by atoms with E-state index in [1.807, 2.05) is 6.92 Å². The Balaban J connectivity index is 2.54. The second-order valence-corrected chi connectivity index (χ2v) is 10.4. The van der Waals surface area contributed by atoms with Gasteiger partial charge in [-0.2, -0.15) is 0 Å². The number of carbonyl (C=O) groups is 2. The van der Waals surface area contributed by atoms with E-state index in [0.717, 1.165) is 16.6 Å². The predicted octanol–water partition coefficient (Wildman–Crippen LogP) is 2.71. The first-order valence-corrected chi connectivity index (χ1v) is 13.8. The quantitative estimate of drug-likeness (QED) is 0.279. The fourth-order valence-corrected chi connectivity index (χ4v) is 4.64. The molecule has 0 fully saturated rings. The summed E-state index contributed by atoms with van der Waals surface area (Å²) < 4.78 is 36.8. The zero-order chi connectivity index (χ0) is 28.5. The van der Waals surface area contributed by atoms with Crippen LogP contribution in [0.5, 0.6) is 11.5 Å². The Hall–Kier alpha value is -3.87. The van der Waals surface area contributed by atoms with Crippen LogP contribution in [0.25, 0.3) is 0 Å². The van der Waals surface area contributed by atoms with Crippen molar-refractivity contribution in [3.8, 4) is 11.5 Å². The summed E-state index contributed by atoms with van der Waals surface area (Å²) in [7, 11) is -1.29. The van der Waals surface area contributed by atoms with Crippen LogP contribution in [-0.4, -0.2) is 69.7 Å². The molecule has 208 valence electrons. The Labute approximate surface area is 222 Å². The molecule has 2 aromatic rings. The van der Waals surface area contributed by atoms with E-state index in [2.05, 4.69) is 5.32 Å². The number of non-ortho nitro benzene ring substituents is 1. The number of carbonyl (C=O) groups excluding carboxylic acids is 2. The van der Waals surface area contributed by atoms with Crippen molar-refractivity contribution in [2.24, 2.45) is 0 Å². The fourth-order valence-electron chi connectivity index (χ4n) is 3.79. The Morgan fingerprint density at radius 3 is 2.24 bits per heavy atom. The number of amides is 2. The van der Waals surface area contributed by atoms with Crippen LogP contribution < -0.4 is 19.1 Å². The number of anilines is 1. The van der Waals surface area contributed by atoms with Gasteiger partial charge >= 0.3 is 0 Å². The molecular weight excluding hydrogens is 516 g/mol. The van der Waals surface area contributed by atoms with E-state index in [-0.39, 0.29) is 36.0 Å². The van der Waals surface area contributed by atoms with E-state index < -0.39 is 33.4 Å². The summed E-state index contributed by atoms with van der Waals surface area (Å²) in [4.78, 5) is 38.7. The number of hydrogen-bond donors (Lipinski definition) is 1. The number of rotatable bonds is 14. The summed E-state index contributed by atoms with van der Waals surface area (Å²) in [5.74, 6) is -0.392. The Kier molecular flexibility index (Phi) is 10.9. The summed E-state index contributed by atoms with van der Waals surface area (Å²) in [5, 5.41) is 14.2. The molecule has 38 heavy (non-hydrogen) atoms. The maximum absolute atomic E-state index is 13.7. The molecule has 0 heterocycles. The molecule has 0 aromatic heterocycles. The lowest BCUT2D eigenvalue weighted by Crippen LogP contribution is -2.52. The van der Waals surface area contributed by atoms with E-state index >= 15 is 0 Å². The molecule has 0 aliphatic heterocycles. The highest BCUT2D eigenvalue weighted by Gasteiger charge is 2.33. The standard InChI is InChI=1S/C25H34N4O8S/c1-6-14-26-25(31)21(7-2)27(16-18-8-11-20(36-3)12-9-18)24(30)17-28(38(5,34)35)22-15-19(29(32)33)10-13-23(22)37-4/h8-13,15,21H,6-7,14,16-17H2,1-5H3,(H,26,31)/t21-/m0/s1. The minimum atomic E-state index is -4.10. The van der Waals surface area contributed by atoms with E-state index in [9.17, 15) is 28.1 Å². The lowest BCUT2D eigenvalue weighted by Gasteiger charge is -2.33. The van der Waals surface area contributed by atoms with E-state index in [1.165, 1.54) is 31.3 Å². The molecule has 0 unspecified atom stereocenters. The lowest BCUT2D eigenvalue weighted by atomic mass is 10.1.